The van der Waals surface area contributed by atoms with Crippen molar-refractivity contribution in [2.75, 3.05) is 14.2 Å². The molecule has 0 aromatic heterocycles. The zero-order valence-corrected chi connectivity index (χ0v) is 13.0. The van der Waals surface area contributed by atoms with Crippen LogP contribution in [0.2, 0.25) is 0 Å². The highest BCUT2D eigenvalue weighted by Gasteiger charge is 2.35. The van der Waals surface area contributed by atoms with E-state index in [4.69, 9.17) is 9.47 Å². The van der Waals surface area contributed by atoms with Gasteiger partial charge in [-0.05, 0) is 42.1 Å². The van der Waals surface area contributed by atoms with Crippen molar-refractivity contribution in [3.05, 3.63) is 48.6 Å². The Balaban J connectivity index is 1.53. The third-order valence-corrected chi connectivity index (χ3v) is 4.93. The Kier molecular flexibility index (Phi) is 3.30. The van der Waals surface area contributed by atoms with Crippen LogP contribution in [0.3, 0.4) is 0 Å². The van der Waals surface area contributed by atoms with Gasteiger partial charge in [0.05, 0.1) is 7.11 Å². The molecule has 3 atom stereocenters. The topological polar surface area (TPSA) is 21.7 Å². The highest BCUT2D eigenvalue weighted by Crippen LogP contribution is 2.32. The number of fused-ring (bicyclic) bond motifs is 3. The maximum absolute atomic E-state index is 6.25. The van der Waals surface area contributed by atoms with Crippen molar-refractivity contribution >= 4 is 10.8 Å². The van der Waals surface area contributed by atoms with Crippen LogP contribution < -0.4 is 9.47 Å². The van der Waals surface area contributed by atoms with E-state index in [0.29, 0.717) is 18.2 Å². The zero-order chi connectivity index (χ0) is 15.1. The quantitative estimate of drug-likeness (QED) is 0.807. The largest absolute Gasteiger partial charge is 0.497 e. The Morgan fingerprint density at radius 2 is 1.50 bits per heavy atom. The van der Waals surface area contributed by atoms with Crippen LogP contribution in [0, 0.1) is 0 Å². The van der Waals surface area contributed by atoms with Gasteiger partial charge in [-0.1, -0.05) is 24.3 Å². The molecule has 114 valence electrons. The Bertz CT molecular complexity index is 708. The highest BCUT2D eigenvalue weighted by molar-refractivity contribution is 5.85. The van der Waals surface area contributed by atoms with Crippen LogP contribution in [0.15, 0.2) is 48.6 Å². The summed E-state index contributed by atoms with van der Waals surface area (Å²) in [5.74, 6) is 1.85. The molecule has 2 aliphatic rings. The lowest BCUT2D eigenvalue weighted by molar-refractivity contribution is 0.0752. The van der Waals surface area contributed by atoms with E-state index < -0.39 is 0 Å². The fourth-order valence-electron chi connectivity index (χ4n) is 3.59. The summed E-state index contributed by atoms with van der Waals surface area (Å²) in [5.41, 5.74) is 0. The van der Waals surface area contributed by atoms with Gasteiger partial charge in [-0.3, -0.25) is 4.90 Å². The first-order chi connectivity index (χ1) is 10.7. The van der Waals surface area contributed by atoms with Gasteiger partial charge in [-0.25, -0.2) is 0 Å². The summed E-state index contributed by atoms with van der Waals surface area (Å²) in [4.78, 5) is 2.44. The van der Waals surface area contributed by atoms with Gasteiger partial charge in [0, 0.05) is 24.9 Å². The number of likely N-dealkylation sites (N-methyl/N-ethyl adjacent to an activating group) is 1. The molecule has 0 unspecified atom stereocenters. The van der Waals surface area contributed by atoms with Crippen molar-refractivity contribution in [3.8, 4) is 11.5 Å². The van der Waals surface area contributed by atoms with Gasteiger partial charge >= 0.3 is 0 Å². The lowest BCUT2D eigenvalue weighted by Crippen LogP contribution is -2.44. The first-order valence-electron chi connectivity index (χ1n) is 7.87. The van der Waals surface area contributed by atoms with Crippen LogP contribution >= 0.6 is 0 Å². The molecule has 0 radical (unpaired) electrons. The van der Waals surface area contributed by atoms with E-state index in [1.54, 1.807) is 7.11 Å². The van der Waals surface area contributed by atoms with E-state index in [1.807, 2.05) is 6.07 Å². The average Bonchev–Trinajstić information content (AvgIpc) is 2.75. The predicted molar refractivity (Wildman–Crippen MR) is 88.6 cm³/mol. The Morgan fingerprint density at radius 1 is 0.909 bits per heavy atom. The second-order valence-electron chi connectivity index (χ2n) is 6.27. The Morgan fingerprint density at radius 3 is 2.14 bits per heavy atom. The summed E-state index contributed by atoms with van der Waals surface area (Å²) in [6.07, 6.45) is 7.09. The molecule has 0 amide bonds. The molecule has 2 aromatic rings. The van der Waals surface area contributed by atoms with Gasteiger partial charge < -0.3 is 9.47 Å². The van der Waals surface area contributed by atoms with Crippen molar-refractivity contribution in [2.45, 2.75) is 31.0 Å². The van der Waals surface area contributed by atoms with Crippen molar-refractivity contribution in [1.29, 1.82) is 0 Å². The molecule has 3 heteroatoms. The van der Waals surface area contributed by atoms with Gasteiger partial charge in [0.1, 0.15) is 17.6 Å². The fourth-order valence-corrected chi connectivity index (χ4v) is 3.59. The van der Waals surface area contributed by atoms with Crippen LogP contribution in [0.25, 0.3) is 10.8 Å². The number of methoxy groups -OCH3 is 1. The maximum Gasteiger partial charge on any atom is 0.120 e. The van der Waals surface area contributed by atoms with Gasteiger partial charge in [0.15, 0.2) is 0 Å². The van der Waals surface area contributed by atoms with Crippen LogP contribution in [0.1, 0.15) is 12.8 Å². The normalized spacial score (nSPS) is 27.3. The molecule has 2 aliphatic heterocycles. The summed E-state index contributed by atoms with van der Waals surface area (Å²) in [5, 5.41) is 2.36. The summed E-state index contributed by atoms with van der Waals surface area (Å²) < 4.78 is 11.5. The number of hydrogen-bond donors (Lipinski definition) is 0. The number of hydrogen-bond acceptors (Lipinski definition) is 3. The third-order valence-electron chi connectivity index (χ3n) is 4.93. The van der Waals surface area contributed by atoms with Crippen LogP contribution in [0.4, 0.5) is 0 Å². The molecule has 2 heterocycles. The third kappa shape index (κ3) is 2.35. The van der Waals surface area contributed by atoms with Crippen LogP contribution in [-0.2, 0) is 0 Å². The van der Waals surface area contributed by atoms with E-state index in [2.05, 4.69) is 54.4 Å². The molecule has 4 rings (SSSR count). The molecule has 22 heavy (non-hydrogen) atoms. The van der Waals surface area contributed by atoms with E-state index in [-0.39, 0.29) is 0 Å². The number of rotatable bonds is 3. The number of ether oxygens (including phenoxy) is 2. The molecular formula is C19H21NO2. The van der Waals surface area contributed by atoms with Crippen LogP contribution in [0.5, 0.6) is 11.5 Å². The smallest absolute Gasteiger partial charge is 0.120 e. The molecule has 0 saturated carbocycles. The standard InChI is InChI=1S/C19H21NO2/c1-20-15-5-6-16(20)12-19(11-15)22-18-8-4-13-9-17(21-2)7-3-14(13)10-18/h3-10,15-16,19H,11-12H2,1-2H3/t15-,16+,19-. The first kappa shape index (κ1) is 13.6. The summed E-state index contributed by atoms with van der Waals surface area (Å²) in [6.45, 7) is 0. The minimum absolute atomic E-state index is 0.303. The second kappa shape index (κ2) is 5.33. The van der Waals surface area contributed by atoms with Crippen molar-refractivity contribution in [1.82, 2.24) is 4.90 Å². The molecular weight excluding hydrogens is 274 g/mol. The molecule has 0 aliphatic carbocycles. The zero-order valence-electron chi connectivity index (χ0n) is 13.0. The van der Waals surface area contributed by atoms with Gasteiger partial charge in [0.25, 0.3) is 0 Å². The van der Waals surface area contributed by atoms with E-state index >= 15 is 0 Å². The van der Waals surface area contributed by atoms with Gasteiger partial charge in [-0.15, -0.1) is 0 Å². The summed E-state index contributed by atoms with van der Waals surface area (Å²) in [7, 11) is 3.90. The maximum atomic E-state index is 6.25. The van der Waals surface area contributed by atoms with Crippen molar-refractivity contribution in [3.63, 3.8) is 0 Å². The van der Waals surface area contributed by atoms with E-state index in [1.165, 1.54) is 10.8 Å². The molecule has 1 fully saturated rings. The average molecular weight is 295 g/mol. The lowest BCUT2D eigenvalue weighted by atomic mass is 9.99. The molecule has 1 saturated heterocycles. The molecule has 0 spiro atoms. The monoisotopic (exact) mass is 295 g/mol. The van der Waals surface area contributed by atoms with Crippen molar-refractivity contribution < 1.29 is 9.47 Å². The van der Waals surface area contributed by atoms with Gasteiger partial charge in [-0.2, -0.15) is 0 Å². The molecule has 0 N–H and O–H groups in total. The fraction of sp³-hybridized carbons (Fsp3) is 0.368. The second-order valence-corrected chi connectivity index (χ2v) is 6.27. The van der Waals surface area contributed by atoms with Gasteiger partial charge in [0.2, 0.25) is 0 Å². The SMILES string of the molecule is COc1ccc2cc(O[C@@H]3C[C@H]4C=C[C@@H](C3)N4C)ccc2c1. The van der Waals surface area contributed by atoms with Crippen molar-refractivity contribution in [2.24, 2.45) is 0 Å². The van der Waals surface area contributed by atoms with E-state index in [9.17, 15) is 0 Å². The number of piperidine rings is 1. The first-order valence-corrected chi connectivity index (χ1v) is 7.87. The minimum Gasteiger partial charge on any atom is -0.497 e. The Hall–Kier alpha value is -2.00. The minimum atomic E-state index is 0.303. The Labute approximate surface area is 131 Å². The van der Waals surface area contributed by atoms with E-state index in [0.717, 1.165) is 24.3 Å². The summed E-state index contributed by atoms with van der Waals surface area (Å²) in [6, 6.07) is 13.5. The molecule has 2 aromatic carbocycles. The predicted octanol–water partition coefficient (Wildman–Crippen LogP) is 3.63. The number of nitrogens with zero attached hydrogens (tertiary/aromatic N) is 1. The number of benzene rings is 2. The lowest BCUT2D eigenvalue weighted by Gasteiger charge is -2.36. The molecule has 2 bridgehead atoms. The highest BCUT2D eigenvalue weighted by atomic mass is 16.5. The molecule has 3 nitrogen and oxygen atoms in total. The summed E-state index contributed by atoms with van der Waals surface area (Å²) >= 11 is 0. The van der Waals surface area contributed by atoms with Crippen LogP contribution in [-0.4, -0.2) is 37.2 Å².